The number of carbonyl (C=O) groups excluding carboxylic acids is 1. The zero-order valence-electron chi connectivity index (χ0n) is 13.9. The minimum absolute atomic E-state index is 0.157. The Labute approximate surface area is 154 Å². The molecule has 0 radical (unpaired) electrons. The number of rotatable bonds is 5. The second-order valence-corrected chi connectivity index (χ2v) is 5.81. The summed E-state index contributed by atoms with van der Waals surface area (Å²) < 4.78 is 76.7. The fourth-order valence-electron chi connectivity index (χ4n) is 2.43. The summed E-state index contributed by atoms with van der Waals surface area (Å²) >= 11 is 0. The lowest BCUT2D eigenvalue weighted by Gasteiger charge is -2.17. The van der Waals surface area contributed by atoms with Crippen LogP contribution in [-0.4, -0.2) is 23.0 Å². The number of hydrogen-bond acceptors (Lipinski definition) is 2. The number of hydrogen-bond donors (Lipinski definition) is 2. The van der Waals surface area contributed by atoms with Gasteiger partial charge in [-0.2, -0.15) is 26.3 Å². The predicted octanol–water partition coefficient (Wildman–Crippen LogP) is 4.15. The van der Waals surface area contributed by atoms with Crippen molar-refractivity contribution in [1.29, 1.82) is 0 Å². The van der Waals surface area contributed by atoms with Gasteiger partial charge in [-0.05, 0) is 29.8 Å². The number of carboxylic acid groups (broad SMARTS) is 1. The summed E-state index contributed by atoms with van der Waals surface area (Å²) in [6.07, 6.45) is -9.80. The van der Waals surface area contributed by atoms with Crippen molar-refractivity contribution in [3.63, 3.8) is 0 Å². The summed E-state index contributed by atoms with van der Waals surface area (Å²) in [5.74, 6) is -2.80. The van der Waals surface area contributed by atoms with Crippen LogP contribution in [0.4, 0.5) is 26.3 Å². The van der Waals surface area contributed by atoms with Gasteiger partial charge < -0.3 is 10.4 Å². The van der Waals surface area contributed by atoms with E-state index in [9.17, 15) is 41.0 Å². The van der Waals surface area contributed by atoms with Crippen molar-refractivity contribution in [2.75, 3.05) is 0 Å². The van der Waals surface area contributed by atoms with Gasteiger partial charge in [0.25, 0.3) is 5.91 Å². The molecule has 0 aliphatic carbocycles. The maximum absolute atomic E-state index is 13.0. The third-order valence-corrected chi connectivity index (χ3v) is 3.80. The lowest BCUT2D eigenvalue weighted by molar-refractivity contribution is -0.139. The molecule has 0 bridgehead atoms. The lowest BCUT2D eigenvalue weighted by Crippen LogP contribution is -2.42. The molecule has 0 saturated heterocycles. The van der Waals surface area contributed by atoms with E-state index in [0.717, 1.165) is 36.4 Å². The zero-order chi connectivity index (χ0) is 21.1. The van der Waals surface area contributed by atoms with Crippen molar-refractivity contribution in [1.82, 2.24) is 5.32 Å². The van der Waals surface area contributed by atoms with Gasteiger partial charge in [0.1, 0.15) is 6.04 Å². The van der Waals surface area contributed by atoms with Crippen LogP contribution >= 0.6 is 0 Å². The molecule has 0 unspecified atom stereocenters. The van der Waals surface area contributed by atoms with Gasteiger partial charge in [0.2, 0.25) is 0 Å². The molecule has 10 heteroatoms. The van der Waals surface area contributed by atoms with Crippen LogP contribution in [0.1, 0.15) is 27.0 Å². The molecule has 2 rings (SSSR count). The fourth-order valence-corrected chi connectivity index (χ4v) is 2.43. The minimum Gasteiger partial charge on any atom is -0.480 e. The van der Waals surface area contributed by atoms with Crippen molar-refractivity contribution in [3.05, 3.63) is 70.8 Å². The van der Waals surface area contributed by atoms with Crippen molar-refractivity contribution < 1.29 is 41.0 Å². The highest BCUT2D eigenvalue weighted by atomic mass is 19.4. The van der Waals surface area contributed by atoms with Gasteiger partial charge in [-0.25, -0.2) is 4.79 Å². The summed E-state index contributed by atoms with van der Waals surface area (Å²) in [5, 5.41) is 11.2. The van der Waals surface area contributed by atoms with Crippen LogP contribution < -0.4 is 5.32 Å². The molecule has 150 valence electrons. The Morgan fingerprint density at radius 2 is 1.46 bits per heavy atom. The molecule has 1 amide bonds. The van der Waals surface area contributed by atoms with Crippen LogP contribution in [0, 0.1) is 0 Å². The maximum atomic E-state index is 13.0. The van der Waals surface area contributed by atoms with Crippen molar-refractivity contribution in [2.24, 2.45) is 0 Å². The zero-order valence-corrected chi connectivity index (χ0v) is 13.9. The molecule has 2 aromatic carbocycles. The Balaban J connectivity index is 2.20. The van der Waals surface area contributed by atoms with Crippen molar-refractivity contribution in [3.8, 4) is 0 Å². The van der Waals surface area contributed by atoms with Gasteiger partial charge >= 0.3 is 18.3 Å². The molecule has 28 heavy (non-hydrogen) atoms. The second-order valence-electron chi connectivity index (χ2n) is 5.81. The standard InChI is InChI=1S/C18H13F6NO3/c19-17(20,21)11-7-5-10(6-8-11)9-14(16(27)28)25-15(26)12-3-1-2-4-13(12)18(22,23)24/h1-8,14H,9H2,(H,25,26)(H,27,28)/t14-/m0/s1. The van der Waals surface area contributed by atoms with Gasteiger partial charge in [0.15, 0.2) is 0 Å². The molecule has 4 nitrogen and oxygen atoms in total. The van der Waals surface area contributed by atoms with E-state index >= 15 is 0 Å². The predicted molar refractivity (Wildman–Crippen MR) is 85.5 cm³/mol. The lowest BCUT2D eigenvalue weighted by atomic mass is 10.0. The highest BCUT2D eigenvalue weighted by molar-refractivity contribution is 5.98. The van der Waals surface area contributed by atoms with Crippen LogP contribution in [0.25, 0.3) is 0 Å². The Kier molecular flexibility index (Phi) is 6.01. The Bertz CT molecular complexity index is 859. The number of carbonyl (C=O) groups is 2. The fraction of sp³-hybridized carbons (Fsp3) is 0.222. The molecule has 0 spiro atoms. The largest absolute Gasteiger partial charge is 0.480 e. The van der Waals surface area contributed by atoms with Gasteiger partial charge in [0, 0.05) is 6.42 Å². The first-order chi connectivity index (χ1) is 12.9. The number of carboxylic acids is 1. The van der Waals surface area contributed by atoms with Gasteiger partial charge in [-0.1, -0.05) is 24.3 Å². The Morgan fingerprint density at radius 1 is 0.893 bits per heavy atom. The number of halogens is 6. The smallest absolute Gasteiger partial charge is 0.417 e. The summed E-state index contributed by atoms with van der Waals surface area (Å²) in [7, 11) is 0. The molecule has 1 atom stereocenters. The van der Waals surface area contributed by atoms with Gasteiger partial charge in [-0.3, -0.25) is 4.79 Å². The third kappa shape index (κ3) is 5.24. The molecular formula is C18H13F6NO3. The van der Waals surface area contributed by atoms with E-state index in [1.54, 1.807) is 0 Å². The summed E-state index contributed by atoms with van der Waals surface area (Å²) in [4.78, 5) is 23.5. The molecule has 0 fully saturated rings. The number of benzene rings is 2. The van der Waals surface area contributed by atoms with E-state index in [1.807, 2.05) is 5.32 Å². The summed E-state index contributed by atoms with van der Waals surface area (Å²) in [6.45, 7) is 0. The topological polar surface area (TPSA) is 66.4 Å². The number of alkyl halides is 6. The maximum Gasteiger partial charge on any atom is 0.417 e. The van der Waals surface area contributed by atoms with Crippen molar-refractivity contribution in [2.45, 2.75) is 24.8 Å². The molecule has 0 aliphatic heterocycles. The van der Waals surface area contributed by atoms with E-state index in [0.29, 0.717) is 6.07 Å². The van der Waals surface area contributed by atoms with E-state index in [-0.39, 0.29) is 5.56 Å². The number of nitrogens with one attached hydrogen (secondary N) is 1. The number of amides is 1. The summed E-state index contributed by atoms with van der Waals surface area (Å²) in [5.41, 5.74) is -2.77. The van der Waals surface area contributed by atoms with E-state index in [1.165, 1.54) is 6.07 Å². The average Bonchev–Trinajstić information content (AvgIpc) is 2.60. The first-order valence-corrected chi connectivity index (χ1v) is 7.75. The highest BCUT2D eigenvalue weighted by Gasteiger charge is 2.35. The first-order valence-electron chi connectivity index (χ1n) is 7.75. The highest BCUT2D eigenvalue weighted by Crippen LogP contribution is 2.32. The van der Waals surface area contributed by atoms with Crippen molar-refractivity contribution >= 4 is 11.9 Å². The quantitative estimate of drug-likeness (QED) is 0.735. The van der Waals surface area contributed by atoms with E-state index in [4.69, 9.17) is 0 Å². The molecule has 2 N–H and O–H groups in total. The van der Waals surface area contributed by atoms with Crippen LogP contribution in [0.3, 0.4) is 0 Å². The third-order valence-electron chi connectivity index (χ3n) is 3.80. The van der Waals surface area contributed by atoms with Crippen LogP contribution in [0.15, 0.2) is 48.5 Å². The molecule has 0 saturated carbocycles. The average molecular weight is 405 g/mol. The Hall–Kier alpha value is -3.04. The van der Waals surface area contributed by atoms with Gasteiger partial charge in [0.05, 0.1) is 16.7 Å². The molecule has 0 heterocycles. The molecule has 0 aliphatic rings. The van der Waals surface area contributed by atoms with Crippen LogP contribution in [0.5, 0.6) is 0 Å². The Morgan fingerprint density at radius 3 is 1.96 bits per heavy atom. The minimum atomic E-state index is -4.82. The molecular weight excluding hydrogens is 392 g/mol. The van der Waals surface area contributed by atoms with Gasteiger partial charge in [-0.15, -0.1) is 0 Å². The van der Waals surface area contributed by atoms with E-state index < -0.39 is 53.4 Å². The first kappa shape index (κ1) is 21.3. The molecule has 0 aromatic heterocycles. The second kappa shape index (κ2) is 7.91. The normalized spacial score (nSPS) is 13.1. The summed E-state index contributed by atoms with van der Waals surface area (Å²) in [6, 6.07) is 5.78. The van der Waals surface area contributed by atoms with Crippen LogP contribution in [-0.2, 0) is 23.6 Å². The van der Waals surface area contributed by atoms with E-state index in [2.05, 4.69) is 0 Å². The number of aliphatic carboxylic acids is 1. The SMILES string of the molecule is O=C(N[C@@H](Cc1ccc(C(F)(F)F)cc1)C(=O)O)c1ccccc1C(F)(F)F. The molecule has 2 aromatic rings. The van der Waals surface area contributed by atoms with Crippen LogP contribution in [0.2, 0.25) is 0 Å². The monoisotopic (exact) mass is 405 g/mol.